The molecule has 0 radical (unpaired) electrons. The molecule has 1 aliphatic rings. The summed E-state index contributed by atoms with van der Waals surface area (Å²) in [6.07, 6.45) is 2.48. The highest BCUT2D eigenvalue weighted by atomic mass is 32.1. The summed E-state index contributed by atoms with van der Waals surface area (Å²) in [5, 5.41) is 4.22. The summed E-state index contributed by atoms with van der Waals surface area (Å²) in [4.78, 5) is 2.30. The second-order valence-corrected chi connectivity index (χ2v) is 6.82. The van der Waals surface area contributed by atoms with Gasteiger partial charge in [0.2, 0.25) is 0 Å². The van der Waals surface area contributed by atoms with Crippen molar-refractivity contribution in [1.29, 1.82) is 0 Å². The first-order valence-corrected chi connectivity index (χ1v) is 7.29. The molecule has 0 aromatic carbocycles. The maximum absolute atomic E-state index is 5.46. The lowest BCUT2D eigenvalue weighted by atomic mass is 9.75. The average molecular weight is 272 g/mol. The fourth-order valence-electron chi connectivity index (χ4n) is 2.54. The Kier molecular flexibility index (Phi) is 5.86. The van der Waals surface area contributed by atoms with Gasteiger partial charge in [0.15, 0.2) is 5.11 Å². The summed E-state index contributed by atoms with van der Waals surface area (Å²) in [7, 11) is 1.72. The van der Waals surface area contributed by atoms with E-state index in [0.29, 0.717) is 12.0 Å². The Labute approximate surface area is 117 Å². The molecule has 1 fully saturated rings. The lowest BCUT2D eigenvalue weighted by Gasteiger charge is -2.40. The number of nitrogens with one attached hydrogen (secondary N) is 1. The predicted molar refractivity (Wildman–Crippen MR) is 80.8 cm³/mol. The van der Waals surface area contributed by atoms with Gasteiger partial charge in [-0.15, -0.1) is 0 Å². The molecule has 0 aliphatic carbocycles. The number of methoxy groups -OCH3 is 1. The van der Waals surface area contributed by atoms with Gasteiger partial charge in [0, 0.05) is 26.2 Å². The highest BCUT2D eigenvalue weighted by molar-refractivity contribution is 7.80. The number of hydrogen-bond donors (Lipinski definition) is 1. The molecule has 0 spiro atoms. The van der Waals surface area contributed by atoms with Crippen molar-refractivity contribution in [3.05, 3.63) is 0 Å². The van der Waals surface area contributed by atoms with E-state index in [1.165, 1.54) is 12.8 Å². The molecule has 0 aromatic rings. The van der Waals surface area contributed by atoms with E-state index < -0.39 is 0 Å². The van der Waals surface area contributed by atoms with E-state index >= 15 is 0 Å². The summed E-state index contributed by atoms with van der Waals surface area (Å²) in [6.45, 7) is 12.0. The fourth-order valence-corrected chi connectivity index (χ4v) is 2.93. The van der Waals surface area contributed by atoms with Gasteiger partial charge in [0.1, 0.15) is 0 Å². The van der Waals surface area contributed by atoms with Crippen molar-refractivity contribution in [3.8, 4) is 0 Å². The van der Waals surface area contributed by atoms with E-state index in [2.05, 4.69) is 37.9 Å². The summed E-state index contributed by atoms with van der Waals surface area (Å²) < 4.78 is 5.11. The molecular formula is C14H28N2OS. The zero-order valence-corrected chi connectivity index (χ0v) is 13.3. The van der Waals surface area contributed by atoms with Crippen LogP contribution in [0, 0.1) is 11.3 Å². The van der Waals surface area contributed by atoms with Crippen molar-refractivity contribution in [2.75, 3.05) is 26.8 Å². The molecule has 0 bridgehead atoms. The Morgan fingerprint density at radius 3 is 2.39 bits per heavy atom. The Morgan fingerprint density at radius 1 is 1.39 bits per heavy atom. The van der Waals surface area contributed by atoms with E-state index in [-0.39, 0.29) is 6.04 Å². The molecule has 0 amide bonds. The molecule has 1 aliphatic heterocycles. The number of thiocarbonyl (C=S) groups is 1. The maximum Gasteiger partial charge on any atom is 0.169 e. The van der Waals surface area contributed by atoms with Crippen molar-refractivity contribution in [1.82, 2.24) is 10.2 Å². The third kappa shape index (κ3) is 4.73. The van der Waals surface area contributed by atoms with Gasteiger partial charge < -0.3 is 15.0 Å². The van der Waals surface area contributed by atoms with Crippen LogP contribution in [0.3, 0.4) is 0 Å². The Bertz CT molecular complexity index is 267. The van der Waals surface area contributed by atoms with Crippen molar-refractivity contribution in [3.63, 3.8) is 0 Å². The van der Waals surface area contributed by atoms with Gasteiger partial charge in [-0.2, -0.15) is 0 Å². The number of rotatable bonds is 3. The van der Waals surface area contributed by atoms with Crippen LogP contribution in [-0.4, -0.2) is 42.9 Å². The molecule has 1 atom stereocenters. The van der Waals surface area contributed by atoms with E-state index in [0.717, 1.165) is 24.1 Å². The molecule has 0 saturated carbocycles. The lowest BCUT2D eigenvalue weighted by Crippen LogP contribution is -2.49. The van der Waals surface area contributed by atoms with Crippen LogP contribution < -0.4 is 5.32 Å². The third-order valence-electron chi connectivity index (χ3n) is 3.79. The van der Waals surface area contributed by atoms with Crippen LogP contribution in [0.5, 0.6) is 0 Å². The molecule has 1 rings (SSSR count). The molecule has 1 heterocycles. The lowest BCUT2D eigenvalue weighted by molar-refractivity contribution is 0.145. The maximum atomic E-state index is 5.46. The number of ether oxygens (including phenoxy) is 1. The van der Waals surface area contributed by atoms with E-state index in [1.807, 2.05) is 0 Å². The molecule has 4 heteroatoms. The van der Waals surface area contributed by atoms with Crippen LogP contribution in [0.1, 0.15) is 40.5 Å². The third-order valence-corrected chi connectivity index (χ3v) is 4.17. The Morgan fingerprint density at radius 2 is 1.94 bits per heavy atom. The molecular weight excluding hydrogens is 244 g/mol. The van der Waals surface area contributed by atoms with Crippen LogP contribution in [0.25, 0.3) is 0 Å². The topological polar surface area (TPSA) is 24.5 Å². The molecule has 106 valence electrons. The van der Waals surface area contributed by atoms with E-state index in [1.54, 1.807) is 7.11 Å². The van der Waals surface area contributed by atoms with Crippen molar-refractivity contribution < 1.29 is 4.74 Å². The first-order chi connectivity index (χ1) is 8.34. The van der Waals surface area contributed by atoms with Crippen molar-refractivity contribution in [2.45, 2.75) is 46.6 Å². The van der Waals surface area contributed by atoms with Crippen LogP contribution in [0.15, 0.2) is 0 Å². The number of piperidine rings is 1. The second kappa shape index (κ2) is 6.71. The number of nitrogens with zero attached hydrogens (tertiary/aromatic N) is 1. The number of hydrogen-bond acceptors (Lipinski definition) is 2. The van der Waals surface area contributed by atoms with Gasteiger partial charge in [-0.05, 0) is 43.3 Å². The molecule has 3 nitrogen and oxygen atoms in total. The minimum Gasteiger partial charge on any atom is -0.383 e. The predicted octanol–water partition coefficient (Wildman–Crippen LogP) is 2.65. The first-order valence-electron chi connectivity index (χ1n) is 6.89. The molecule has 1 unspecified atom stereocenters. The van der Waals surface area contributed by atoms with Crippen LogP contribution in [0.4, 0.5) is 0 Å². The van der Waals surface area contributed by atoms with Gasteiger partial charge in [-0.25, -0.2) is 0 Å². The highest BCUT2D eigenvalue weighted by Gasteiger charge is 2.29. The van der Waals surface area contributed by atoms with Gasteiger partial charge in [0.05, 0.1) is 6.61 Å². The summed E-state index contributed by atoms with van der Waals surface area (Å²) >= 11 is 5.46. The normalized spacial score (nSPS) is 19.7. The first kappa shape index (κ1) is 15.7. The minimum atomic E-state index is 0.280. The summed E-state index contributed by atoms with van der Waals surface area (Å²) in [5.41, 5.74) is 0.421. The zero-order chi connectivity index (χ0) is 13.8. The van der Waals surface area contributed by atoms with E-state index in [4.69, 9.17) is 17.0 Å². The Hall–Kier alpha value is -0.350. The van der Waals surface area contributed by atoms with Crippen LogP contribution >= 0.6 is 12.2 Å². The zero-order valence-electron chi connectivity index (χ0n) is 12.5. The van der Waals surface area contributed by atoms with Crippen molar-refractivity contribution >= 4 is 17.3 Å². The summed E-state index contributed by atoms with van der Waals surface area (Å²) in [6, 6.07) is 0.280. The molecule has 1 saturated heterocycles. The van der Waals surface area contributed by atoms with Gasteiger partial charge in [0.25, 0.3) is 0 Å². The summed E-state index contributed by atoms with van der Waals surface area (Å²) in [5.74, 6) is 0.813. The van der Waals surface area contributed by atoms with E-state index in [9.17, 15) is 0 Å². The smallest absolute Gasteiger partial charge is 0.169 e. The van der Waals surface area contributed by atoms with Crippen LogP contribution in [-0.2, 0) is 4.74 Å². The van der Waals surface area contributed by atoms with Crippen LogP contribution in [0.2, 0.25) is 0 Å². The fraction of sp³-hybridized carbons (Fsp3) is 0.929. The minimum absolute atomic E-state index is 0.280. The van der Waals surface area contributed by atoms with Crippen molar-refractivity contribution in [2.24, 2.45) is 11.3 Å². The molecule has 0 aromatic heterocycles. The standard InChI is InChI=1S/C14H28N2OS/c1-11(10-17-5)15-13(18)16-8-6-12(7-9-16)14(2,3)4/h11-12H,6-10H2,1-5H3,(H,15,18). The molecule has 1 N–H and O–H groups in total. The second-order valence-electron chi connectivity index (χ2n) is 6.43. The van der Waals surface area contributed by atoms with Gasteiger partial charge in [-0.3, -0.25) is 0 Å². The highest BCUT2D eigenvalue weighted by Crippen LogP contribution is 2.34. The van der Waals surface area contributed by atoms with Gasteiger partial charge >= 0.3 is 0 Å². The average Bonchev–Trinajstić information content (AvgIpc) is 2.28. The quantitative estimate of drug-likeness (QED) is 0.798. The monoisotopic (exact) mass is 272 g/mol. The largest absolute Gasteiger partial charge is 0.383 e. The SMILES string of the molecule is COCC(C)NC(=S)N1CCC(C(C)(C)C)CC1. The number of likely N-dealkylation sites (tertiary alicyclic amines) is 1. The van der Waals surface area contributed by atoms with Gasteiger partial charge in [-0.1, -0.05) is 20.8 Å². The Balaban J connectivity index is 2.36. The molecule has 18 heavy (non-hydrogen) atoms.